The first kappa shape index (κ1) is 13.6. The van der Waals surface area contributed by atoms with Crippen molar-refractivity contribution in [3.8, 4) is 5.88 Å². The van der Waals surface area contributed by atoms with Gasteiger partial charge in [0.1, 0.15) is 11.3 Å². The summed E-state index contributed by atoms with van der Waals surface area (Å²) in [6.07, 6.45) is 3.21. The van der Waals surface area contributed by atoms with Crippen molar-refractivity contribution >= 4 is 5.97 Å². The van der Waals surface area contributed by atoms with E-state index in [1.165, 1.54) is 0 Å². The fraction of sp³-hybridized carbons (Fsp3) is 0.538. The second kappa shape index (κ2) is 5.88. The third kappa shape index (κ3) is 3.14. The number of aromatic amines is 1. The molecule has 0 aliphatic carbocycles. The number of rotatable bonds is 5. The van der Waals surface area contributed by atoms with Gasteiger partial charge in [0.2, 0.25) is 5.88 Å². The number of aromatic nitrogens is 2. The van der Waals surface area contributed by atoms with Crippen LogP contribution in [0.5, 0.6) is 5.88 Å². The molecule has 104 valence electrons. The molecule has 0 unspecified atom stereocenters. The van der Waals surface area contributed by atoms with Crippen LogP contribution in [0, 0.1) is 0 Å². The molecular formula is C13H18N2O4. The van der Waals surface area contributed by atoms with Gasteiger partial charge in [-0.3, -0.25) is 5.10 Å². The lowest BCUT2D eigenvalue weighted by atomic mass is 9.94. The summed E-state index contributed by atoms with van der Waals surface area (Å²) in [5.74, 6) is -0.0747. The molecule has 1 aromatic rings. The molecule has 1 N–H and O–H groups in total. The van der Waals surface area contributed by atoms with Crippen LogP contribution in [0.1, 0.15) is 30.3 Å². The summed E-state index contributed by atoms with van der Waals surface area (Å²) in [5, 5.41) is 6.58. The molecular weight excluding hydrogens is 248 g/mol. The van der Waals surface area contributed by atoms with Crippen molar-refractivity contribution in [1.82, 2.24) is 10.2 Å². The van der Waals surface area contributed by atoms with Gasteiger partial charge >= 0.3 is 5.97 Å². The molecule has 6 heteroatoms. The number of carbonyl (C=O) groups is 1. The van der Waals surface area contributed by atoms with Crippen molar-refractivity contribution in [2.24, 2.45) is 0 Å². The maximum Gasteiger partial charge on any atom is 0.356 e. The van der Waals surface area contributed by atoms with Crippen LogP contribution in [-0.2, 0) is 9.47 Å². The highest BCUT2D eigenvalue weighted by Gasteiger charge is 2.32. The van der Waals surface area contributed by atoms with Crippen molar-refractivity contribution in [3.63, 3.8) is 0 Å². The smallest absolute Gasteiger partial charge is 0.356 e. The third-order valence-electron chi connectivity index (χ3n) is 3.07. The number of hydrogen-bond donors (Lipinski definition) is 1. The van der Waals surface area contributed by atoms with Gasteiger partial charge in [-0.2, -0.15) is 0 Å². The van der Waals surface area contributed by atoms with Gasteiger partial charge in [0.05, 0.1) is 19.8 Å². The molecule has 0 amide bonds. The van der Waals surface area contributed by atoms with Crippen LogP contribution in [0.3, 0.4) is 0 Å². The van der Waals surface area contributed by atoms with Crippen molar-refractivity contribution in [2.75, 3.05) is 19.8 Å². The van der Waals surface area contributed by atoms with Crippen LogP contribution in [0.4, 0.5) is 0 Å². The molecule has 0 spiro atoms. The molecule has 2 rings (SSSR count). The molecule has 19 heavy (non-hydrogen) atoms. The van der Waals surface area contributed by atoms with E-state index in [-0.39, 0.29) is 5.69 Å². The van der Waals surface area contributed by atoms with Crippen LogP contribution in [-0.4, -0.2) is 41.6 Å². The van der Waals surface area contributed by atoms with Crippen LogP contribution >= 0.6 is 0 Å². The minimum atomic E-state index is -0.473. The van der Waals surface area contributed by atoms with Gasteiger partial charge in [0.25, 0.3) is 0 Å². The molecule has 1 aromatic heterocycles. The monoisotopic (exact) mass is 266 g/mol. The number of H-pyrrole nitrogens is 1. The van der Waals surface area contributed by atoms with Gasteiger partial charge < -0.3 is 14.2 Å². The number of nitrogens with zero attached hydrogens (tertiary/aromatic N) is 1. The van der Waals surface area contributed by atoms with Crippen molar-refractivity contribution in [3.05, 3.63) is 24.4 Å². The highest BCUT2D eigenvalue weighted by Crippen LogP contribution is 2.28. The van der Waals surface area contributed by atoms with E-state index < -0.39 is 11.6 Å². The number of esters is 1. The van der Waals surface area contributed by atoms with Crippen LogP contribution in [0.25, 0.3) is 0 Å². The number of hydrogen-bond acceptors (Lipinski definition) is 5. The van der Waals surface area contributed by atoms with Crippen LogP contribution in [0.2, 0.25) is 0 Å². The highest BCUT2D eigenvalue weighted by atomic mass is 16.5. The van der Waals surface area contributed by atoms with Gasteiger partial charge in [-0.25, -0.2) is 4.79 Å². The summed E-state index contributed by atoms with van der Waals surface area (Å²) in [7, 11) is 0. The normalized spacial score (nSPS) is 17.7. The predicted octanol–water partition coefficient (Wildman–Crippen LogP) is 1.70. The Morgan fingerprint density at radius 3 is 3.00 bits per heavy atom. The Labute approximate surface area is 111 Å². The number of nitrogens with one attached hydrogen (secondary N) is 1. The van der Waals surface area contributed by atoms with Crippen LogP contribution in [0.15, 0.2) is 18.7 Å². The quantitative estimate of drug-likeness (QED) is 0.648. The summed E-state index contributed by atoms with van der Waals surface area (Å²) in [6, 6.07) is 1.54. The molecule has 0 aromatic carbocycles. The van der Waals surface area contributed by atoms with Crippen molar-refractivity contribution < 1.29 is 19.0 Å². The Morgan fingerprint density at radius 2 is 2.37 bits per heavy atom. The molecule has 1 fully saturated rings. The molecule has 6 nitrogen and oxygen atoms in total. The largest absolute Gasteiger partial charge is 0.466 e. The van der Waals surface area contributed by atoms with E-state index in [1.54, 1.807) is 19.1 Å². The predicted molar refractivity (Wildman–Crippen MR) is 68.2 cm³/mol. The minimum absolute atomic E-state index is 0.281. The zero-order valence-corrected chi connectivity index (χ0v) is 11.0. The average Bonchev–Trinajstić information content (AvgIpc) is 2.88. The molecule has 0 saturated carbocycles. The maximum atomic E-state index is 11.5. The molecule has 0 atom stereocenters. The SMILES string of the molecule is C=CC1(Oc2cc(C(=O)OCC)[nH]n2)CCOCC1. The second-order valence-corrected chi connectivity index (χ2v) is 4.32. The summed E-state index contributed by atoms with van der Waals surface area (Å²) >= 11 is 0. The Bertz CT molecular complexity index is 449. The Balaban J connectivity index is 2.06. The summed E-state index contributed by atoms with van der Waals surface area (Å²) < 4.78 is 16.0. The lowest BCUT2D eigenvalue weighted by Gasteiger charge is -2.33. The van der Waals surface area contributed by atoms with E-state index in [9.17, 15) is 4.79 Å². The zero-order chi connectivity index (χ0) is 13.7. The first-order valence-corrected chi connectivity index (χ1v) is 6.32. The zero-order valence-electron chi connectivity index (χ0n) is 11.0. The minimum Gasteiger partial charge on any atom is -0.466 e. The standard InChI is InChI=1S/C13H18N2O4/c1-3-13(5-7-17-8-6-13)19-11-9-10(14-15-11)12(16)18-4-2/h3,9H,1,4-8H2,2H3,(H,14,15). The molecule has 0 bridgehead atoms. The van der Waals surface area contributed by atoms with E-state index in [0.717, 1.165) is 12.8 Å². The fourth-order valence-electron chi connectivity index (χ4n) is 1.94. The summed E-state index contributed by atoms with van der Waals surface area (Å²) in [4.78, 5) is 11.5. The first-order chi connectivity index (χ1) is 9.19. The Morgan fingerprint density at radius 1 is 1.63 bits per heavy atom. The summed E-state index contributed by atoms with van der Waals surface area (Å²) in [5.41, 5.74) is -0.192. The van der Waals surface area contributed by atoms with E-state index >= 15 is 0 Å². The van der Waals surface area contributed by atoms with Crippen molar-refractivity contribution in [2.45, 2.75) is 25.4 Å². The first-order valence-electron chi connectivity index (χ1n) is 6.32. The molecule has 0 radical (unpaired) electrons. The van der Waals surface area contributed by atoms with Gasteiger partial charge in [-0.05, 0) is 13.0 Å². The van der Waals surface area contributed by atoms with Crippen LogP contribution < -0.4 is 4.74 Å². The highest BCUT2D eigenvalue weighted by molar-refractivity contribution is 5.87. The topological polar surface area (TPSA) is 73.4 Å². The van der Waals surface area contributed by atoms with Crippen molar-refractivity contribution in [1.29, 1.82) is 0 Å². The second-order valence-electron chi connectivity index (χ2n) is 4.32. The Hall–Kier alpha value is -1.82. The van der Waals surface area contributed by atoms with E-state index in [4.69, 9.17) is 14.2 Å². The third-order valence-corrected chi connectivity index (χ3v) is 3.07. The summed E-state index contributed by atoms with van der Waals surface area (Å²) in [6.45, 7) is 7.14. The number of ether oxygens (including phenoxy) is 3. The van der Waals surface area contributed by atoms with Gasteiger partial charge in [0.15, 0.2) is 0 Å². The number of carbonyl (C=O) groups excluding carboxylic acids is 1. The van der Waals surface area contributed by atoms with E-state index in [2.05, 4.69) is 16.8 Å². The molecule has 1 aliphatic heterocycles. The van der Waals surface area contributed by atoms with Gasteiger partial charge in [-0.1, -0.05) is 6.58 Å². The maximum absolute atomic E-state index is 11.5. The average molecular weight is 266 g/mol. The van der Waals surface area contributed by atoms with Gasteiger partial charge in [-0.15, -0.1) is 5.10 Å². The lowest BCUT2D eigenvalue weighted by molar-refractivity contribution is -0.0188. The fourth-order valence-corrected chi connectivity index (χ4v) is 1.94. The molecule has 1 saturated heterocycles. The molecule has 2 heterocycles. The lowest BCUT2D eigenvalue weighted by Crippen LogP contribution is -2.39. The van der Waals surface area contributed by atoms with E-state index in [1.807, 2.05) is 0 Å². The van der Waals surface area contributed by atoms with E-state index in [0.29, 0.717) is 25.7 Å². The molecule has 1 aliphatic rings. The Kier molecular flexibility index (Phi) is 4.21. The van der Waals surface area contributed by atoms with Gasteiger partial charge in [0, 0.05) is 18.9 Å².